The molecule has 0 saturated carbocycles. The van der Waals surface area contributed by atoms with E-state index in [4.69, 9.17) is 10.5 Å². The van der Waals surface area contributed by atoms with Crippen molar-refractivity contribution >= 4 is 5.96 Å². The van der Waals surface area contributed by atoms with Gasteiger partial charge in [0.2, 0.25) is 0 Å². The van der Waals surface area contributed by atoms with E-state index in [2.05, 4.69) is 18.8 Å². The van der Waals surface area contributed by atoms with E-state index in [1.54, 1.807) is 19.2 Å². The lowest BCUT2D eigenvalue weighted by Crippen LogP contribution is -2.52. The fourth-order valence-corrected chi connectivity index (χ4v) is 2.93. The smallest absolute Gasteiger partial charge is 0.192 e. The summed E-state index contributed by atoms with van der Waals surface area (Å²) in [5, 5.41) is 0. The minimum absolute atomic E-state index is 0.176. The molecule has 0 fully saturated rings. The van der Waals surface area contributed by atoms with Crippen LogP contribution in [0.1, 0.15) is 32.8 Å². The zero-order chi connectivity index (χ0) is 14.9. The third kappa shape index (κ3) is 2.11. The Morgan fingerprint density at radius 1 is 1.55 bits per heavy atom. The number of rotatable bonds is 4. The van der Waals surface area contributed by atoms with Gasteiger partial charge in [-0.05, 0) is 32.4 Å². The van der Waals surface area contributed by atoms with E-state index in [1.165, 1.54) is 6.07 Å². The standard InChI is InChI=1S/C15H22FN3O/c1-5-10(2)19-14(17)18-9-15(19,3)13-11(16)7-6-8-12(13)20-4/h6-8,10H,5,9H2,1-4H3,(H2,17,18). The van der Waals surface area contributed by atoms with Crippen molar-refractivity contribution < 1.29 is 9.13 Å². The number of nitrogens with two attached hydrogens (primary N) is 1. The minimum Gasteiger partial charge on any atom is -0.496 e. The third-order valence-corrected chi connectivity index (χ3v) is 4.09. The zero-order valence-corrected chi connectivity index (χ0v) is 12.5. The lowest BCUT2D eigenvalue weighted by molar-refractivity contribution is 0.162. The van der Waals surface area contributed by atoms with Gasteiger partial charge in [-0.3, -0.25) is 4.99 Å². The van der Waals surface area contributed by atoms with Crippen molar-refractivity contribution in [3.05, 3.63) is 29.6 Å². The molecule has 1 aliphatic heterocycles. The van der Waals surface area contributed by atoms with Gasteiger partial charge in [-0.15, -0.1) is 0 Å². The van der Waals surface area contributed by atoms with Crippen molar-refractivity contribution in [3.8, 4) is 5.75 Å². The number of hydrogen-bond acceptors (Lipinski definition) is 4. The molecule has 1 heterocycles. The van der Waals surface area contributed by atoms with Gasteiger partial charge in [0.1, 0.15) is 11.6 Å². The Hall–Kier alpha value is -1.78. The first-order chi connectivity index (χ1) is 9.45. The topological polar surface area (TPSA) is 50.8 Å². The molecule has 0 aliphatic carbocycles. The second kappa shape index (κ2) is 5.31. The minimum atomic E-state index is -0.615. The van der Waals surface area contributed by atoms with Crippen LogP contribution in [0.3, 0.4) is 0 Å². The fourth-order valence-electron chi connectivity index (χ4n) is 2.93. The molecule has 2 unspecified atom stereocenters. The predicted octanol–water partition coefficient (Wildman–Crippen LogP) is 2.48. The molecule has 0 aromatic heterocycles. The largest absolute Gasteiger partial charge is 0.496 e. The van der Waals surface area contributed by atoms with Crippen LogP contribution in [0.25, 0.3) is 0 Å². The summed E-state index contributed by atoms with van der Waals surface area (Å²) in [6, 6.07) is 5.04. The van der Waals surface area contributed by atoms with Gasteiger partial charge < -0.3 is 15.4 Å². The number of aliphatic imine (C=N–C) groups is 1. The molecule has 0 bridgehead atoms. The maximum atomic E-state index is 14.4. The number of methoxy groups -OCH3 is 1. The maximum absolute atomic E-state index is 14.4. The highest BCUT2D eigenvalue weighted by atomic mass is 19.1. The molecule has 20 heavy (non-hydrogen) atoms. The van der Waals surface area contributed by atoms with E-state index in [1.807, 2.05) is 11.8 Å². The quantitative estimate of drug-likeness (QED) is 0.921. The molecule has 0 radical (unpaired) electrons. The Bertz CT molecular complexity index is 532. The lowest BCUT2D eigenvalue weighted by atomic mass is 9.88. The Morgan fingerprint density at radius 3 is 2.85 bits per heavy atom. The van der Waals surface area contributed by atoms with Crippen molar-refractivity contribution in [1.29, 1.82) is 0 Å². The van der Waals surface area contributed by atoms with Crippen molar-refractivity contribution in [2.45, 2.75) is 38.8 Å². The molecular formula is C15H22FN3O. The number of halogens is 1. The molecule has 0 spiro atoms. The number of benzene rings is 1. The normalized spacial score (nSPS) is 23.6. The van der Waals surface area contributed by atoms with Gasteiger partial charge in [0.05, 0.1) is 24.8 Å². The Labute approximate surface area is 119 Å². The third-order valence-electron chi connectivity index (χ3n) is 4.09. The van der Waals surface area contributed by atoms with E-state index in [0.29, 0.717) is 23.8 Å². The zero-order valence-electron chi connectivity index (χ0n) is 12.5. The second-order valence-electron chi connectivity index (χ2n) is 5.39. The molecule has 2 N–H and O–H groups in total. The highest BCUT2D eigenvalue weighted by Crippen LogP contribution is 2.41. The molecule has 0 saturated heterocycles. The highest BCUT2D eigenvalue weighted by molar-refractivity contribution is 5.82. The molecule has 2 rings (SSSR count). The molecule has 2 atom stereocenters. The van der Waals surface area contributed by atoms with E-state index >= 15 is 0 Å². The van der Waals surface area contributed by atoms with Crippen LogP contribution in [0.5, 0.6) is 5.75 Å². The first-order valence-corrected chi connectivity index (χ1v) is 6.88. The van der Waals surface area contributed by atoms with Gasteiger partial charge in [-0.25, -0.2) is 4.39 Å². The van der Waals surface area contributed by atoms with Crippen LogP contribution in [0.2, 0.25) is 0 Å². The Balaban J connectivity index is 2.56. The fraction of sp³-hybridized carbons (Fsp3) is 0.533. The average molecular weight is 279 g/mol. The predicted molar refractivity (Wildman–Crippen MR) is 78.4 cm³/mol. The molecule has 0 amide bonds. The molecule has 1 aromatic rings. The summed E-state index contributed by atoms with van der Waals surface area (Å²) in [7, 11) is 1.55. The lowest BCUT2D eigenvalue weighted by Gasteiger charge is -2.41. The van der Waals surface area contributed by atoms with Crippen molar-refractivity contribution in [2.24, 2.45) is 10.7 Å². The summed E-state index contributed by atoms with van der Waals surface area (Å²) < 4.78 is 19.7. The van der Waals surface area contributed by atoms with Gasteiger partial charge >= 0.3 is 0 Å². The van der Waals surface area contributed by atoms with Crippen LogP contribution in [0.4, 0.5) is 4.39 Å². The highest BCUT2D eigenvalue weighted by Gasteiger charge is 2.45. The van der Waals surface area contributed by atoms with Gasteiger partial charge in [0.15, 0.2) is 5.96 Å². The van der Waals surface area contributed by atoms with Crippen molar-refractivity contribution in [1.82, 2.24) is 4.90 Å². The first-order valence-electron chi connectivity index (χ1n) is 6.88. The van der Waals surface area contributed by atoms with Crippen LogP contribution < -0.4 is 10.5 Å². The molecule has 4 nitrogen and oxygen atoms in total. The van der Waals surface area contributed by atoms with E-state index in [0.717, 1.165) is 6.42 Å². The monoisotopic (exact) mass is 279 g/mol. The second-order valence-corrected chi connectivity index (χ2v) is 5.39. The average Bonchev–Trinajstić information content (AvgIpc) is 2.74. The molecule has 1 aliphatic rings. The van der Waals surface area contributed by atoms with Crippen LogP contribution in [-0.4, -0.2) is 30.6 Å². The SMILES string of the molecule is CCC(C)N1C(N)=NCC1(C)c1c(F)cccc1OC. The van der Waals surface area contributed by atoms with Gasteiger partial charge in [-0.1, -0.05) is 13.0 Å². The summed E-state index contributed by atoms with van der Waals surface area (Å²) in [6.45, 7) is 6.54. The van der Waals surface area contributed by atoms with Crippen LogP contribution in [0, 0.1) is 5.82 Å². The Kier molecular flexibility index (Phi) is 3.88. The number of guanidine groups is 1. The molecule has 110 valence electrons. The molecule has 1 aromatic carbocycles. The number of ether oxygens (including phenoxy) is 1. The van der Waals surface area contributed by atoms with E-state index in [9.17, 15) is 4.39 Å². The Morgan fingerprint density at radius 2 is 2.25 bits per heavy atom. The first kappa shape index (κ1) is 14.6. The van der Waals surface area contributed by atoms with Crippen LogP contribution >= 0.6 is 0 Å². The summed E-state index contributed by atoms with van der Waals surface area (Å²) in [6.07, 6.45) is 0.905. The van der Waals surface area contributed by atoms with E-state index < -0.39 is 5.54 Å². The van der Waals surface area contributed by atoms with Gasteiger partial charge in [0, 0.05) is 6.04 Å². The van der Waals surface area contributed by atoms with Crippen LogP contribution in [0.15, 0.2) is 23.2 Å². The molecular weight excluding hydrogens is 257 g/mol. The number of nitrogens with zero attached hydrogens (tertiary/aromatic N) is 2. The van der Waals surface area contributed by atoms with Crippen molar-refractivity contribution in [3.63, 3.8) is 0 Å². The van der Waals surface area contributed by atoms with Gasteiger partial charge in [-0.2, -0.15) is 0 Å². The van der Waals surface area contributed by atoms with E-state index in [-0.39, 0.29) is 11.9 Å². The summed E-state index contributed by atoms with van der Waals surface area (Å²) >= 11 is 0. The maximum Gasteiger partial charge on any atom is 0.192 e. The summed E-state index contributed by atoms with van der Waals surface area (Å²) in [5.41, 5.74) is 5.93. The van der Waals surface area contributed by atoms with Crippen molar-refractivity contribution in [2.75, 3.05) is 13.7 Å². The van der Waals surface area contributed by atoms with Crippen LogP contribution in [-0.2, 0) is 5.54 Å². The number of hydrogen-bond donors (Lipinski definition) is 1. The van der Waals surface area contributed by atoms with Gasteiger partial charge in [0.25, 0.3) is 0 Å². The summed E-state index contributed by atoms with van der Waals surface area (Å²) in [5.74, 6) is 0.711. The summed E-state index contributed by atoms with van der Waals surface area (Å²) in [4.78, 5) is 6.32. The molecule has 5 heteroatoms.